The fourth-order valence-electron chi connectivity index (χ4n) is 3.00. The van der Waals surface area contributed by atoms with Crippen LogP contribution in [-0.4, -0.2) is 29.0 Å². The Labute approximate surface area is 140 Å². The van der Waals surface area contributed by atoms with Gasteiger partial charge >= 0.3 is 6.03 Å². The van der Waals surface area contributed by atoms with Crippen LogP contribution in [0.3, 0.4) is 0 Å². The molecule has 0 saturated heterocycles. The number of halogens is 1. The lowest BCUT2D eigenvalue weighted by atomic mass is 10.1. The minimum Gasteiger partial charge on any atom is -0.481 e. The minimum atomic E-state index is -0.274. The number of amides is 2. The van der Waals surface area contributed by atoms with Gasteiger partial charge in [-0.15, -0.1) is 0 Å². The average Bonchev–Trinajstić information content (AvgIpc) is 3.23. The molecule has 0 unspecified atom stereocenters. The lowest BCUT2D eigenvalue weighted by molar-refractivity contribution is 0.239. The standard InChI is InChI=1S/C17H21FN4O2/c1-10-13(16(24-3)22(2)21-10)9-19-17(23)20-15-8-12(15)11-6-4-5-7-14(11)18/h4-7,12,15H,8-9H2,1-3H3,(H2,19,20,23)/t12-,15-/m0/s1. The zero-order valence-electron chi connectivity index (χ0n) is 14.0. The van der Waals surface area contributed by atoms with E-state index in [9.17, 15) is 9.18 Å². The summed E-state index contributed by atoms with van der Waals surface area (Å²) >= 11 is 0. The van der Waals surface area contributed by atoms with E-state index in [1.807, 2.05) is 13.0 Å². The molecule has 2 aromatic rings. The van der Waals surface area contributed by atoms with Crippen LogP contribution in [0.5, 0.6) is 5.88 Å². The van der Waals surface area contributed by atoms with Crippen molar-refractivity contribution in [3.8, 4) is 5.88 Å². The van der Waals surface area contributed by atoms with Crippen molar-refractivity contribution in [1.82, 2.24) is 20.4 Å². The van der Waals surface area contributed by atoms with Crippen molar-refractivity contribution in [2.24, 2.45) is 7.05 Å². The van der Waals surface area contributed by atoms with Crippen molar-refractivity contribution in [1.29, 1.82) is 0 Å². The number of carbonyl (C=O) groups excluding carboxylic acids is 1. The van der Waals surface area contributed by atoms with Crippen molar-refractivity contribution < 1.29 is 13.9 Å². The summed E-state index contributed by atoms with van der Waals surface area (Å²) in [6.07, 6.45) is 0.754. The lowest BCUT2D eigenvalue weighted by Crippen LogP contribution is -2.37. The Morgan fingerprint density at radius 3 is 2.92 bits per heavy atom. The Bertz CT molecular complexity index is 759. The van der Waals surface area contributed by atoms with Gasteiger partial charge in [0.25, 0.3) is 0 Å². The van der Waals surface area contributed by atoms with Gasteiger partial charge in [-0.1, -0.05) is 18.2 Å². The molecule has 0 aliphatic heterocycles. The molecule has 1 aliphatic rings. The van der Waals surface area contributed by atoms with E-state index >= 15 is 0 Å². The van der Waals surface area contributed by atoms with E-state index in [1.54, 1.807) is 31.0 Å². The molecule has 3 rings (SSSR count). The molecule has 128 valence electrons. The highest BCUT2D eigenvalue weighted by atomic mass is 19.1. The van der Waals surface area contributed by atoms with Crippen molar-refractivity contribution in [2.75, 3.05) is 7.11 Å². The molecule has 1 heterocycles. The van der Waals surface area contributed by atoms with Crippen LogP contribution in [0.4, 0.5) is 9.18 Å². The van der Waals surface area contributed by atoms with Crippen LogP contribution in [0, 0.1) is 12.7 Å². The summed E-state index contributed by atoms with van der Waals surface area (Å²) < 4.78 is 20.7. The number of urea groups is 1. The Morgan fingerprint density at radius 2 is 2.21 bits per heavy atom. The Kier molecular flexibility index (Phi) is 4.42. The third kappa shape index (κ3) is 3.20. The van der Waals surface area contributed by atoms with Gasteiger partial charge in [-0.05, 0) is 25.0 Å². The predicted octanol–water partition coefficient (Wildman–Crippen LogP) is 2.23. The van der Waals surface area contributed by atoms with E-state index in [-0.39, 0.29) is 23.8 Å². The number of ether oxygens (including phenoxy) is 1. The molecular formula is C17H21FN4O2. The van der Waals surface area contributed by atoms with Gasteiger partial charge in [-0.2, -0.15) is 5.10 Å². The van der Waals surface area contributed by atoms with Crippen LogP contribution in [0.15, 0.2) is 24.3 Å². The average molecular weight is 332 g/mol. The van der Waals surface area contributed by atoms with Crippen LogP contribution >= 0.6 is 0 Å². The fraction of sp³-hybridized carbons (Fsp3) is 0.412. The number of nitrogens with zero attached hydrogens (tertiary/aromatic N) is 2. The second kappa shape index (κ2) is 6.51. The molecular weight excluding hydrogens is 311 g/mol. The number of nitrogens with one attached hydrogen (secondary N) is 2. The summed E-state index contributed by atoms with van der Waals surface area (Å²) in [7, 11) is 3.36. The number of hydrogen-bond donors (Lipinski definition) is 2. The smallest absolute Gasteiger partial charge is 0.315 e. The van der Waals surface area contributed by atoms with Crippen LogP contribution in [0.1, 0.15) is 29.2 Å². The Balaban J connectivity index is 1.54. The number of hydrogen-bond acceptors (Lipinski definition) is 3. The maximum absolute atomic E-state index is 13.7. The van der Waals surface area contributed by atoms with Crippen LogP contribution in [0.2, 0.25) is 0 Å². The topological polar surface area (TPSA) is 68.2 Å². The van der Waals surface area contributed by atoms with Crippen molar-refractivity contribution in [3.05, 3.63) is 46.9 Å². The monoisotopic (exact) mass is 332 g/mol. The summed E-state index contributed by atoms with van der Waals surface area (Å²) in [5.41, 5.74) is 2.31. The van der Waals surface area contributed by atoms with Crippen molar-refractivity contribution in [2.45, 2.75) is 31.8 Å². The summed E-state index contributed by atoms with van der Waals surface area (Å²) in [4.78, 5) is 12.1. The first-order chi connectivity index (χ1) is 11.5. The quantitative estimate of drug-likeness (QED) is 0.882. The number of rotatable bonds is 5. The molecule has 1 fully saturated rings. The predicted molar refractivity (Wildman–Crippen MR) is 87.4 cm³/mol. The number of carbonyl (C=O) groups is 1. The zero-order chi connectivity index (χ0) is 17.3. The highest BCUT2D eigenvalue weighted by molar-refractivity contribution is 5.75. The van der Waals surface area contributed by atoms with Gasteiger partial charge in [0.2, 0.25) is 5.88 Å². The molecule has 1 aromatic heterocycles. The minimum absolute atomic E-state index is 0.0289. The van der Waals surface area contributed by atoms with Gasteiger partial charge < -0.3 is 15.4 Å². The first kappa shape index (κ1) is 16.3. The number of aromatic nitrogens is 2. The highest BCUT2D eigenvalue weighted by Gasteiger charge is 2.40. The normalized spacial score (nSPS) is 19.0. The Morgan fingerprint density at radius 1 is 1.46 bits per heavy atom. The lowest BCUT2D eigenvalue weighted by Gasteiger charge is -2.09. The van der Waals surface area contributed by atoms with Crippen LogP contribution in [0.25, 0.3) is 0 Å². The number of aryl methyl sites for hydroxylation is 2. The molecule has 2 amide bonds. The number of methoxy groups -OCH3 is 1. The number of benzene rings is 1. The third-order valence-electron chi connectivity index (χ3n) is 4.32. The van der Waals surface area contributed by atoms with Crippen LogP contribution < -0.4 is 15.4 Å². The highest BCUT2D eigenvalue weighted by Crippen LogP contribution is 2.41. The van der Waals surface area contributed by atoms with E-state index in [2.05, 4.69) is 15.7 Å². The van der Waals surface area contributed by atoms with Crippen molar-refractivity contribution >= 4 is 6.03 Å². The first-order valence-electron chi connectivity index (χ1n) is 7.86. The maximum Gasteiger partial charge on any atom is 0.315 e. The Hall–Kier alpha value is -2.57. The largest absolute Gasteiger partial charge is 0.481 e. The van der Waals surface area contributed by atoms with E-state index in [1.165, 1.54) is 6.07 Å². The molecule has 2 N–H and O–H groups in total. The summed E-state index contributed by atoms with van der Waals surface area (Å²) in [5.74, 6) is 0.456. The van der Waals surface area contributed by atoms with Gasteiger partial charge in [0.1, 0.15) is 5.82 Å². The van der Waals surface area contributed by atoms with Gasteiger partial charge in [0.15, 0.2) is 0 Å². The molecule has 2 atom stereocenters. The molecule has 24 heavy (non-hydrogen) atoms. The summed E-state index contributed by atoms with van der Waals surface area (Å²) in [6, 6.07) is 6.39. The van der Waals surface area contributed by atoms with Crippen LogP contribution in [-0.2, 0) is 13.6 Å². The van der Waals surface area contributed by atoms with Gasteiger partial charge in [-0.25, -0.2) is 13.9 Å². The molecule has 1 aromatic carbocycles. The molecule has 1 saturated carbocycles. The second-order valence-electron chi connectivity index (χ2n) is 5.99. The summed E-state index contributed by atoms with van der Waals surface area (Å²) in [5, 5.41) is 9.96. The van der Waals surface area contributed by atoms with E-state index in [0.29, 0.717) is 18.0 Å². The first-order valence-corrected chi connectivity index (χ1v) is 7.86. The fourth-order valence-corrected chi connectivity index (χ4v) is 3.00. The van der Waals surface area contributed by atoms with E-state index in [0.717, 1.165) is 17.7 Å². The molecule has 6 nitrogen and oxygen atoms in total. The third-order valence-corrected chi connectivity index (χ3v) is 4.32. The molecule has 0 spiro atoms. The molecule has 1 aliphatic carbocycles. The van der Waals surface area contributed by atoms with Gasteiger partial charge in [-0.3, -0.25) is 0 Å². The summed E-state index contributed by atoms with van der Waals surface area (Å²) in [6.45, 7) is 2.19. The maximum atomic E-state index is 13.7. The zero-order valence-corrected chi connectivity index (χ0v) is 14.0. The SMILES string of the molecule is COc1c(CNC(=O)N[C@H]2C[C@H]2c2ccccc2F)c(C)nn1C. The van der Waals surface area contributed by atoms with E-state index < -0.39 is 0 Å². The second-order valence-corrected chi connectivity index (χ2v) is 5.99. The van der Waals surface area contributed by atoms with E-state index in [4.69, 9.17) is 4.74 Å². The van der Waals surface area contributed by atoms with Crippen molar-refractivity contribution in [3.63, 3.8) is 0 Å². The molecule has 7 heteroatoms. The van der Waals surface area contributed by atoms with Gasteiger partial charge in [0.05, 0.1) is 24.9 Å². The molecule has 0 radical (unpaired) electrons. The molecule has 0 bridgehead atoms. The van der Waals surface area contributed by atoms with Gasteiger partial charge in [0, 0.05) is 19.0 Å².